The number of benzene rings is 3. The lowest BCUT2D eigenvalue weighted by molar-refractivity contribution is -0.147. The van der Waals surface area contributed by atoms with E-state index in [-0.39, 0.29) is 24.5 Å². The Morgan fingerprint density at radius 2 is 1.49 bits per heavy atom. The summed E-state index contributed by atoms with van der Waals surface area (Å²) in [6.07, 6.45) is 0.133. The molecule has 0 radical (unpaired) electrons. The predicted octanol–water partition coefficient (Wildman–Crippen LogP) is 6.41. The summed E-state index contributed by atoms with van der Waals surface area (Å²) in [4.78, 5) is 37.0. The minimum atomic E-state index is -0.817. The van der Waals surface area contributed by atoms with Crippen molar-refractivity contribution in [2.75, 3.05) is 5.32 Å². The molecular weight excluding hydrogens is 442 g/mol. The summed E-state index contributed by atoms with van der Waals surface area (Å²) in [5.74, 6) is 0.602. The average molecular weight is 474 g/mol. The minimum absolute atomic E-state index is 0.0640. The molecule has 1 atom stereocenters. The molecule has 0 spiro atoms. The number of nitrogens with one attached hydrogen (secondary N) is 1. The molecular formula is C29H31NO5. The summed E-state index contributed by atoms with van der Waals surface area (Å²) < 4.78 is 11.3. The fraction of sp³-hybridized carbons (Fsp3) is 0.276. The number of ketones is 1. The van der Waals surface area contributed by atoms with Crippen LogP contribution in [0.25, 0.3) is 0 Å². The van der Waals surface area contributed by atoms with E-state index in [9.17, 15) is 14.4 Å². The highest BCUT2D eigenvalue weighted by Gasteiger charge is 2.22. The zero-order valence-electron chi connectivity index (χ0n) is 20.4. The number of hydrogen-bond acceptors (Lipinski definition) is 5. The van der Waals surface area contributed by atoms with E-state index in [1.165, 1.54) is 0 Å². The summed E-state index contributed by atoms with van der Waals surface area (Å²) >= 11 is 0. The van der Waals surface area contributed by atoms with Crippen LogP contribution in [0.2, 0.25) is 0 Å². The molecule has 0 aliphatic carbocycles. The first-order chi connectivity index (χ1) is 16.9. The van der Waals surface area contributed by atoms with E-state index in [2.05, 4.69) is 5.32 Å². The standard InChI is InChI=1S/C29H31NO5/c1-4-25(28(33)22-12-6-5-7-13-22)35-27(32)15-9-14-26(31)30-23-16-18-24(19-17-23)34-29-20(2)10-8-11-21(29)3/h5-8,10-13,16-19,25H,4,9,14-15H2,1-3H3,(H,30,31). The second-order valence-electron chi connectivity index (χ2n) is 8.37. The number of esters is 1. The van der Waals surface area contributed by atoms with E-state index in [1.807, 2.05) is 38.1 Å². The maximum atomic E-state index is 12.5. The van der Waals surface area contributed by atoms with Crippen molar-refractivity contribution in [1.29, 1.82) is 0 Å². The molecule has 1 N–H and O–H groups in total. The van der Waals surface area contributed by atoms with Gasteiger partial charge in [-0.05, 0) is 62.1 Å². The van der Waals surface area contributed by atoms with Gasteiger partial charge in [-0.25, -0.2) is 0 Å². The van der Waals surface area contributed by atoms with Crippen molar-refractivity contribution >= 4 is 23.3 Å². The van der Waals surface area contributed by atoms with Crippen LogP contribution in [0.1, 0.15) is 54.1 Å². The van der Waals surface area contributed by atoms with Gasteiger partial charge >= 0.3 is 5.97 Å². The zero-order valence-corrected chi connectivity index (χ0v) is 20.4. The third-order valence-electron chi connectivity index (χ3n) is 5.55. The number of para-hydroxylation sites is 1. The monoisotopic (exact) mass is 473 g/mol. The average Bonchev–Trinajstić information content (AvgIpc) is 2.86. The van der Waals surface area contributed by atoms with Crippen molar-refractivity contribution in [3.8, 4) is 11.5 Å². The minimum Gasteiger partial charge on any atom is -0.457 e. The number of ether oxygens (including phenoxy) is 2. The summed E-state index contributed by atoms with van der Waals surface area (Å²) in [5.41, 5.74) is 3.26. The van der Waals surface area contributed by atoms with Crippen LogP contribution in [0.15, 0.2) is 72.8 Å². The molecule has 1 amide bonds. The Labute approximate surface area is 206 Å². The third kappa shape index (κ3) is 7.54. The van der Waals surface area contributed by atoms with Crippen molar-refractivity contribution in [3.05, 3.63) is 89.5 Å². The summed E-state index contributed by atoms with van der Waals surface area (Å²) in [6.45, 7) is 5.79. The second kappa shape index (κ2) is 12.5. The van der Waals surface area contributed by atoms with E-state index in [1.54, 1.807) is 55.5 Å². The van der Waals surface area contributed by atoms with Gasteiger partial charge < -0.3 is 14.8 Å². The van der Waals surface area contributed by atoms with Gasteiger partial charge in [0.25, 0.3) is 0 Å². The number of amides is 1. The van der Waals surface area contributed by atoms with Gasteiger partial charge in [-0.3, -0.25) is 14.4 Å². The molecule has 0 bridgehead atoms. The first-order valence-corrected chi connectivity index (χ1v) is 11.8. The Morgan fingerprint density at radius 3 is 2.11 bits per heavy atom. The first-order valence-electron chi connectivity index (χ1n) is 11.8. The molecule has 0 aliphatic rings. The number of carbonyl (C=O) groups is 3. The molecule has 3 rings (SSSR count). The van der Waals surface area contributed by atoms with E-state index < -0.39 is 12.1 Å². The van der Waals surface area contributed by atoms with Crippen LogP contribution in [0, 0.1) is 13.8 Å². The molecule has 6 heteroatoms. The second-order valence-corrected chi connectivity index (χ2v) is 8.37. The van der Waals surface area contributed by atoms with Gasteiger partial charge in [0.2, 0.25) is 11.7 Å². The normalized spacial score (nSPS) is 11.4. The molecule has 0 fully saturated rings. The Kier molecular flexibility index (Phi) is 9.18. The highest BCUT2D eigenvalue weighted by molar-refractivity contribution is 6.00. The lowest BCUT2D eigenvalue weighted by Gasteiger charge is -2.15. The van der Waals surface area contributed by atoms with Crippen LogP contribution < -0.4 is 10.1 Å². The van der Waals surface area contributed by atoms with Crippen LogP contribution >= 0.6 is 0 Å². The van der Waals surface area contributed by atoms with Gasteiger partial charge in [0, 0.05) is 24.1 Å². The molecule has 182 valence electrons. The van der Waals surface area contributed by atoms with Gasteiger partial charge in [0.15, 0.2) is 6.10 Å². The lowest BCUT2D eigenvalue weighted by Crippen LogP contribution is -2.26. The van der Waals surface area contributed by atoms with Crippen molar-refractivity contribution in [2.24, 2.45) is 0 Å². The third-order valence-corrected chi connectivity index (χ3v) is 5.55. The van der Waals surface area contributed by atoms with Crippen molar-refractivity contribution in [1.82, 2.24) is 0 Å². The number of Topliss-reactive ketones (excluding diaryl/α,β-unsaturated/α-hetero) is 1. The number of rotatable bonds is 11. The molecule has 0 saturated heterocycles. The summed E-state index contributed by atoms with van der Waals surface area (Å²) in [6, 6.07) is 21.9. The molecule has 1 unspecified atom stereocenters. The van der Waals surface area contributed by atoms with Gasteiger partial charge in [-0.1, -0.05) is 55.5 Å². The van der Waals surface area contributed by atoms with Crippen molar-refractivity contribution < 1.29 is 23.9 Å². The van der Waals surface area contributed by atoms with Crippen LogP contribution in [-0.2, 0) is 14.3 Å². The van der Waals surface area contributed by atoms with Gasteiger partial charge in [0.05, 0.1) is 0 Å². The van der Waals surface area contributed by atoms with Crippen molar-refractivity contribution in [2.45, 2.75) is 52.6 Å². The number of carbonyl (C=O) groups excluding carboxylic acids is 3. The van der Waals surface area contributed by atoms with E-state index >= 15 is 0 Å². The molecule has 0 heterocycles. The van der Waals surface area contributed by atoms with E-state index in [0.717, 1.165) is 16.9 Å². The van der Waals surface area contributed by atoms with Crippen LogP contribution in [0.5, 0.6) is 11.5 Å². The molecule has 0 aromatic heterocycles. The molecule has 3 aromatic carbocycles. The summed E-state index contributed by atoms with van der Waals surface area (Å²) in [7, 11) is 0. The van der Waals surface area contributed by atoms with Gasteiger partial charge in [-0.15, -0.1) is 0 Å². The highest BCUT2D eigenvalue weighted by atomic mass is 16.5. The maximum absolute atomic E-state index is 12.5. The molecule has 0 aliphatic heterocycles. The number of anilines is 1. The SMILES string of the molecule is CCC(OC(=O)CCCC(=O)Nc1ccc(Oc2c(C)cccc2C)cc1)C(=O)c1ccccc1. The molecule has 35 heavy (non-hydrogen) atoms. The quantitative estimate of drug-likeness (QED) is 0.257. The highest BCUT2D eigenvalue weighted by Crippen LogP contribution is 2.29. The topological polar surface area (TPSA) is 81.7 Å². The van der Waals surface area contributed by atoms with Gasteiger partial charge in [0.1, 0.15) is 11.5 Å². The Morgan fingerprint density at radius 1 is 0.829 bits per heavy atom. The van der Waals surface area contributed by atoms with Crippen molar-refractivity contribution in [3.63, 3.8) is 0 Å². The molecule has 0 saturated carbocycles. The largest absolute Gasteiger partial charge is 0.457 e. The van der Waals surface area contributed by atoms with Crippen LogP contribution in [-0.4, -0.2) is 23.8 Å². The fourth-order valence-electron chi connectivity index (χ4n) is 3.63. The lowest BCUT2D eigenvalue weighted by atomic mass is 10.0. The predicted molar refractivity (Wildman–Crippen MR) is 136 cm³/mol. The number of hydrogen-bond donors (Lipinski definition) is 1. The van der Waals surface area contributed by atoms with Crippen LogP contribution in [0.4, 0.5) is 5.69 Å². The Bertz CT molecular complexity index is 1140. The fourth-order valence-corrected chi connectivity index (χ4v) is 3.63. The van der Waals surface area contributed by atoms with Gasteiger partial charge in [-0.2, -0.15) is 0 Å². The Balaban J connectivity index is 1.43. The first kappa shape index (κ1) is 25.7. The van der Waals surface area contributed by atoms with E-state index in [4.69, 9.17) is 9.47 Å². The molecule has 6 nitrogen and oxygen atoms in total. The maximum Gasteiger partial charge on any atom is 0.306 e. The van der Waals surface area contributed by atoms with Crippen LogP contribution in [0.3, 0.4) is 0 Å². The zero-order chi connectivity index (χ0) is 25.2. The smallest absolute Gasteiger partial charge is 0.306 e. The molecule has 3 aromatic rings. The number of aryl methyl sites for hydroxylation is 2. The summed E-state index contributed by atoms with van der Waals surface area (Å²) in [5, 5.41) is 2.82. The van der Waals surface area contributed by atoms with E-state index in [0.29, 0.717) is 29.8 Å². The Hall–Kier alpha value is -3.93.